The zero-order chi connectivity index (χ0) is 15.8. The van der Waals surface area contributed by atoms with Gasteiger partial charge in [-0.3, -0.25) is 9.69 Å². The van der Waals surface area contributed by atoms with Crippen LogP contribution in [0.5, 0.6) is 5.75 Å². The molecule has 2 rings (SSSR count). The van der Waals surface area contributed by atoms with E-state index >= 15 is 0 Å². The highest BCUT2D eigenvalue weighted by Crippen LogP contribution is 2.09. The Morgan fingerprint density at radius 3 is 2.38 bits per heavy atom. The molecular formula is C16H27Cl2N3O3. The van der Waals surface area contributed by atoms with Crippen molar-refractivity contribution in [3.8, 4) is 5.75 Å². The van der Waals surface area contributed by atoms with Crippen LogP contribution in [0.25, 0.3) is 0 Å². The summed E-state index contributed by atoms with van der Waals surface area (Å²) >= 11 is 0. The summed E-state index contributed by atoms with van der Waals surface area (Å²) in [7, 11) is 1.55. The number of piperazine rings is 1. The van der Waals surface area contributed by atoms with Crippen molar-refractivity contribution >= 4 is 30.7 Å². The molecule has 1 saturated heterocycles. The molecule has 6 nitrogen and oxygen atoms in total. The minimum atomic E-state index is -0.557. The van der Waals surface area contributed by atoms with E-state index in [1.807, 2.05) is 35.2 Å². The van der Waals surface area contributed by atoms with Crippen LogP contribution in [0.4, 0.5) is 0 Å². The summed E-state index contributed by atoms with van der Waals surface area (Å²) in [5, 5.41) is 0. The smallest absolute Gasteiger partial charge is 0.241 e. The molecule has 1 aliphatic rings. The third-order valence-electron chi connectivity index (χ3n) is 3.77. The van der Waals surface area contributed by atoms with Gasteiger partial charge in [-0.2, -0.15) is 0 Å². The number of hydrogen-bond donors (Lipinski definition) is 1. The van der Waals surface area contributed by atoms with Crippen LogP contribution in [0.15, 0.2) is 30.3 Å². The van der Waals surface area contributed by atoms with E-state index in [9.17, 15) is 4.79 Å². The first-order chi connectivity index (χ1) is 10.7. The lowest BCUT2D eigenvalue weighted by molar-refractivity contribution is -0.135. The van der Waals surface area contributed by atoms with Gasteiger partial charge in [0.05, 0.1) is 6.61 Å². The van der Waals surface area contributed by atoms with Crippen LogP contribution in [0.3, 0.4) is 0 Å². The van der Waals surface area contributed by atoms with Crippen LogP contribution >= 0.6 is 24.8 Å². The van der Waals surface area contributed by atoms with Gasteiger partial charge in [0.15, 0.2) is 0 Å². The van der Waals surface area contributed by atoms with Crippen LogP contribution in [0.2, 0.25) is 0 Å². The van der Waals surface area contributed by atoms with Crippen molar-refractivity contribution in [1.82, 2.24) is 9.80 Å². The van der Waals surface area contributed by atoms with Crippen LogP contribution in [0.1, 0.15) is 0 Å². The Morgan fingerprint density at radius 2 is 1.79 bits per heavy atom. The van der Waals surface area contributed by atoms with Crippen molar-refractivity contribution in [2.45, 2.75) is 6.04 Å². The van der Waals surface area contributed by atoms with Gasteiger partial charge in [-0.25, -0.2) is 0 Å². The number of benzene rings is 1. The Morgan fingerprint density at radius 1 is 1.17 bits per heavy atom. The highest BCUT2D eigenvalue weighted by Gasteiger charge is 2.24. The Balaban J connectivity index is 0.00000264. The topological polar surface area (TPSA) is 68.0 Å². The van der Waals surface area contributed by atoms with Crippen LogP contribution in [-0.2, 0) is 9.53 Å². The fourth-order valence-electron chi connectivity index (χ4n) is 2.49. The zero-order valence-corrected chi connectivity index (χ0v) is 15.6. The molecule has 24 heavy (non-hydrogen) atoms. The summed E-state index contributed by atoms with van der Waals surface area (Å²) in [4.78, 5) is 16.2. The van der Waals surface area contributed by atoms with E-state index in [0.29, 0.717) is 19.7 Å². The quantitative estimate of drug-likeness (QED) is 0.765. The Kier molecular flexibility index (Phi) is 11.8. The second-order valence-electron chi connectivity index (χ2n) is 5.39. The maximum atomic E-state index is 12.1. The second kappa shape index (κ2) is 12.3. The van der Waals surface area contributed by atoms with Crippen molar-refractivity contribution in [1.29, 1.82) is 0 Å². The van der Waals surface area contributed by atoms with Gasteiger partial charge < -0.3 is 20.1 Å². The van der Waals surface area contributed by atoms with Gasteiger partial charge in [0.25, 0.3) is 0 Å². The Hall–Kier alpha value is -1.05. The monoisotopic (exact) mass is 379 g/mol. The molecule has 1 atom stereocenters. The largest absolute Gasteiger partial charge is 0.492 e. The molecule has 138 valence electrons. The van der Waals surface area contributed by atoms with Gasteiger partial charge in [-0.15, -0.1) is 24.8 Å². The highest BCUT2D eigenvalue weighted by atomic mass is 35.5. The lowest BCUT2D eigenvalue weighted by atomic mass is 10.2. The molecule has 8 heteroatoms. The first-order valence-electron chi connectivity index (χ1n) is 7.64. The number of hydrogen-bond acceptors (Lipinski definition) is 5. The number of nitrogens with two attached hydrogens (primary N) is 1. The Bertz CT molecular complexity index is 457. The molecule has 0 aromatic heterocycles. The molecule has 0 spiro atoms. The molecule has 1 fully saturated rings. The Labute approximate surface area is 156 Å². The first-order valence-corrected chi connectivity index (χ1v) is 7.64. The number of para-hydroxylation sites is 1. The summed E-state index contributed by atoms with van der Waals surface area (Å²) in [6, 6.07) is 9.24. The molecule has 1 amide bonds. The number of nitrogens with zero attached hydrogens (tertiary/aromatic N) is 2. The summed E-state index contributed by atoms with van der Waals surface area (Å²) in [5.74, 6) is 0.865. The normalized spacial score (nSPS) is 15.8. The molecule has 1 heterocycles. The SMILES string of the molecule is COCC(N)C(=O)N1CCN(CCOc2ccccc2)CC1.Cl.Cl. The molecule has 1 unspecified atom stereocenters. The van der Waals surface area contributed by atoms with Crippen molar-refractivity contribution in [2.24, 2.45) is 5.73 Å². The molecule has 1 aromatic rings. The van der Waals surface area contributed by atoms with E-state index in [-0.39, 0.29) is 37.3 Å². The average molecular weight is 380 g/mol. The second-order valence-corrected chi connectivity index (χ2v) is 5.39. The minimum absolute atomic E-state index is 0. The number of ether oxygens (including phenoxy) is 2. The van der Waals surface area contributed by atoms with E-state index in [1.54, 1.807) is 7.11 Å². The third-order valence-corrected chi connectivity index (χ3v) is 3.77. The molecule has 0 aliphatic carbocycles. The number of halogens is 2. The zero-order valence-electron chi connectivity index (χ0n) is 13.9. The van der Waals surface area contributed by atoms with Crippen molar-refractivity contribution in [3.05, 3.63) is 30.3 Å². The molecule has 1 aliphatic heterocycles. The van der Waals surface area contributed by atoms with Crippen molar-refractivity contribution in [2.75, 3.05) is 53.0 Å². The van der Waals surface area contributed by atoms with E-state index in [0.717, 1.165) is 25.4 Å². The van der Waals surface area contributed by atoms with E-state index in [4.69, 9.17) is 15.2 Å². The summed E-state index contributed by atoms with van der Waals surface area (Å²) in [6.45, 7) is 4.91. The number of amides is 1. The lowest BCUT2D eigenvalue weighted by Crippen LogP contribution is -2.54. The highest BCUT2D eigenvalue weighted by molar-refractivity contribution is 5.85. The molecule has 0 saturated carbocycles. The fraction of sp³-hybridized carbons (Fsp3) is 0.562. The number of methoxy groups -OCH3 is 1. The molecule has 0 radical (unpaired) electrons. The van der Waals surface area contributed by atoms with E-state index in [2.05, 4.69) is 4.90 Å². The summed E-state index contributed by atoms with van der Waals surface area (Å²) in [5.41, 5.74) is 5.79. The van der Waals surface area contributed by atoms with Gasteiger partial charge in [-0.1, -0.05) is 18.2 Å². The average Bonchev–Trinajstić information content (AvgIpc) is 2.56. The number of carbonyl (C=O) groups is 1. The van der Waals surface area contributed by atoms with Gasteiger partial charge in [0.2, 0.25) is 5.91 Å². The first kappa shape index (κ1) is 22.9. The van der Waals surface area contributed by atoms with Crippen LogP contribution < -0.4 is 10.5 Å². The van der Waals surface area contributed by atoms with Crippen LogP contribution in [-0.4, -0.2) is 74.8 Å². The lowest BCUT2D eigenvalue weighted by Gasteiger charge is -2.35. The maximum absolute atomic E-state index is 12.1. The van der Waals surface area contributed by atoms with Gasteiger partial charge in [-0.05, 0) is 12.1 Å². The summed E-state index contributed by atoms with van der Waals surface area (Å²) in [6.07, 6.45) is 0. The van der Waals surface area contributed by atoms with Crippen molar-refractivity contribution < 1.29 is 14.3 Å². The number of carbonyl (C=O) groups excluding carboxylic acids is 1. The predicted octanol–water partition coefficient (Wildman–Crippen LogP) is 1.03. The third kappa shape index (κ3) is 7.23. The fourth-order valence-corrected chi connectivity index (χ4v) is 2.49. The predicted molar refractivity (Wildman–Crippen MR) is 99.3 cm³/mol. The molecule has 1 aromatic carbocycles. The van der Waals surface area contributed by atoms with Crippen molar-refractivity contribution in [3.63, 3.8) is 0 Å². The molecule has 2 N–H and O–H groups in total. The van der Waals surface area contributed by atoms with E-state index in [1.165, 1.54) is 0 Å². The maximum Gasteiger partial charge on any atom is 0.241 e. The number of rotatable bonds is 7. The molecular weight excluding hydrogens is 353 g/mol. The molecule has 0 bridgehead atoms. The standard InChI is InChI=1S/C16H25N3O3.2ClH/c1-21-13-15(17)16(20)19-9-7-18(8-10-19)11-12-22-14-5-3-2-4-6-14;;/h2-6,15H,7-13,17H2,1H3;2*1H. The van der Waals surface area contributed by atoms with E-state index < -0.39 is 6.04 Å². The summed E-state index contributed by atoms with van der Waals surface area (Å²) < 4.78 is 10.6. The minimum Gasteiger partial charge on any atom is -0.492 e. The van der Waals surface area contributed by atoms with Gasteiger partial charge >= 0.3 is 0 Å². The van der Waals surface area contributed by atoms with Crippen LogP contribution in [0, 0.1) is 0 Å². The van der Waals surface area contributed by atoms with Gasteiger partial charge in [0, 0.05) is 39.8 Å². The van der Waals surface area contributed by atoms with Gasteiger partial charge in [0.1, 0.15) is 18.4 Å².